The predicted molar refractivity (Wildman–Crippen MR) is 124 cm³/mol. The predicted octanol–water partition coefficient (Wildman–Crippen LogP) is 7.57. The maximum absolute atomic E-state index is 10.8. The van der Waals surface area contributed by atoms with E-state index in [0.717, 1.165) is 48.3 Å². The zero-order valence-electron chi connectivity index (χ0n) is 20.3. The molecule has 4 aliphatic carbocycles. The molecular formula is C28H46O2. The summed E-state index contributed by atoms with van der Waals surface area (Å²) < 4.78 is 5.36. The van der Waals surface area contributed by atoms with Crippen molar-refractivity contribution in [1.29, 1.82) is 0 Å². The summed E-state index contributed by atoms with van der Waals surface area (Å²) in [6.07, 6.45) is 17.2. The van der Waals surface area contributed by atoms with Crippen LogP contribution < -0.4 is 0 Å². The summed E-state index contributed by atoms with van der Waals surface area (Å²) in [6, 6.07) is 0. The third-order valence-electron chi connectivity index (χ3n) is 10.5. The number of carbonyl (C=O) groups excluding carboxylic acids is 1. The van der Waals surface area contributed by atoms with Crippen molar-refractivity contribution >= 4 is 6.47 Å². The molecule has 0 bridgehead atoms. The van der Waals surface area contributed by atoms with Crippen LogP contribution in [-0.2, 0) is 9.53 Å². The Morgan fingerprint density at radius 3 is 2.60 bits per heavy atom. The summed E-state index contributed by atoms with van der Waals surface area (Å²) >= 11 is 0. The lowest BCUT2D eigenvalue weighted by Gasteiger charge is -2.58. The summed E-state index contributed by atoms with van der Waals surface area (Å²) in [5, 5.41) is 0. The molecule has 3 saturated carbocycles. The van der Waals surface area contributed by atoms with Crippen molar-refractivity contribution in [3.05, 3.63) is 11.6 Å². The van der Waals surface area contributed by atoms with Crippen molar-refractivity contribution in [2.75, 3.05) is 0 Å². The van der Waals surface area contributed by atoms with Crippen LogP contribution in [0.1, 0.15) is 105 Å². The first-order valence-electron chi connectivity index (χ1n) is 13.1. The smallest absolute Gasteiger partial charge is 0.293 e. The van der Waals surface area contributed by atoms with E-state index in [4.69, 9.17) is 4.74 Å². The fraction of sp³-hybridized carbons (Fsp3) is 0.893. The van der Waals surface area contributed by atoms with E-state index in [9.17, 15) is 4.79 Å². The lowest BCUT2D eigenvalue weighted by molar-refractivity contribution is -0.136. The minimum absolute atomic E-state index is 0.120. The van der Waals surface area contributed by atoms with Gasteiger partial charge in [0, 0.05) is 6.42 Å². The van der Waals surface area contributed by atoms with Crippen molar-refractivity contribution in [3.8, 4) is 0 Å². The van der Waals surface area contributed by atoms with Gasteiger partial charge in [-0.05, 0) is 91.3 Å². The van der Waals surface area contributed by atoms with Crippen LogP contribution in [0.3, 0.4) is 0 Å². The molecule has 0 radical (unpaired) electrons. The maximum Gasteiger partial charge on any atom is 0.293 e. The molecule has 0 heterocycles. The number of hydrogen-bond acceptors (Lipinski definition) is 2. The van der Waals surface area contributed by atoms with Crippen molar-refractivity contribution < 1.29 is 9.53 Å². The van der Waals surface area contributed by atoms with E-state index >= 15 is 0 Å². The SMILES string of the molecule is CC(C)CCC[C@@H](C)[C@@H]1CC[C@@H]2[C@H]3CC=C4C[C@@H](OC=O)CC[C@]4(C)[C@@H]3CC[C@]21C. The van der Waals surface area contributed by atoms with Crippen LogP contribution in [0.5, 0.6) is 0 Å². The van der Waals surface area contributed by atoms with Gasteiger partial charge in [0.2, 0.25) is 0 Å². The molecule has 0 aromatic heterocycles. The molecule has 0 aromatic rings. The Kier molecular flexibility index (Phi) is 6.44. The molecule has 4 rings (SSSR count). The van der Waals surface area contributed by atoms with Crippen molar-refractivity contribution in [1.82, 2.24) is 0 Å². The average molecular weight is 415 g/mol. The molecule has 8 atom stereocenters. The Morgan fingerprint density at radius 2 is 1.87 bits per heavy atom. The van der Waals surface area contributed by atoms with E-state index < -0.39 is 0 Å². The van der Waals surface area contributed by atoms with E-state index in [1.54, 1.807) is 5.57 Å². The van der Waals surface area contributed by atoms with Gasteiger partial charge in [-0.3, -0.25) is 4.79 Å². The largest absolute Gasteiger partial charge is 0.464 e. The molecule has 30 heavy (non-hydrogen) atoms. The van der Waals surface area contributed by atoms with Crippen LogP contribution in [0, 0.1) is 46.3 Å². The third-order valence-corrected chi connectivity index (χ3v) is 10.5. The fourth-order valence-electron chi connectivity index (χ4n) is 8.85. The average Bonchev–Trinajstić information content (AvgIpc) is 3.05. The van der Waals surface area contributed by atoms with Crippen molar-refractivity contribution in [2.24, 2.45) is 46.3 Å². The first-order chi connectivity index (χ1) is 14.3. The molecule has 0 unspecified atom stereocenters. The summed E-state index contributed by atoms with van der Waals surface area (Å²) in [7, 11) is 0. The van der Waals surface area contributed by atoms with E-state index in [1.165, 1.54) is 57.8 Å². The van der Waals surface area contributed by atoms with Crippen LogP contribution in [0.25, 0.3) is 0 Å². The topological polar surface area (TPSA) is 26.3 Å². The van der Waals surface area contributed by atoms with E-state index in [0.29, 0.717) is 17.3 Å². The van der Waals surface area contributed by atoms with Gasteiger partial charge < -0.3 is 4.74 Å². The van der Waals surface area contributed by atoms with E-state index in [-0.39, 0.29) is 6.10 Å². The Hall–Kier alpha value is -0.790. The Labute approximate surface area is 185 Å². The molecule has 0 aliphatic heterocycles. The molecule has 0 N–H and O–H groups in total. The first kappa shape index (κ1) is 22.4. The van der Waals surface area contributed by atoms with Gasteiger partial charge in [-0.25, -0.2) is 0 Å². The number of rotatable bonds is 7. The molecule has 0 amide bonds. The van der Waals surface area contributed by atoms with E-state index in [1.807, 2.05) is 0 Å². The number of allylic oxidation sites excluding steroid dienone is 1. The van der Waals surface area contributed by atoms with Crippen molar-refractivity contribution in [3.63, 3.8) is 0 Å². The zero-order valence-corrected chi connectivity index (χ0v) is 20.3. The Balaban J connectivity index is 1.47. The van der Waals surface area contributed by atoms with Crippen LogP contribution in [0.2, 0.25) is 0 Å². The highest BCUT2D eigenvalue weighted by Crippen LogP contribution is 2.67. The lowest BCUT2D eigenvalue weighted by atomic mass is 9.47. The number of ether oxygens (including phenoxy) is 1. The molecule has 3 fully saturated rings. The van der Waals surface area contributed by atoms with Crippen LogP contribution in [0.15, 0.2) is 11.6 Å². The molecule has 2 heteroatoms. The molecule has 4 aliphatic rings. The van der Waals surface area contributed by atoms with Crippen LogP contribution in [-0.4, -0.2) is 12.6 Å². The molecule has 2 nitrogen and oxygen atoms in total. The highest BCUT2D eigenvalue weighted by Gasteiger charge is 2.59. The fourth-order valence-corrected chi connectivity index (χ4v) is 8.85. The highest BCUT2D eigenvalue weighted by molar-refractivity contribution is 5.38. The normalized spacial score (nSPS) is 43.9. The minimum atomic E-state index is 0.120. The molecule has 0 spiro atoms. The van der Waals surface area contributed by atoms with Crippen molar-refractivity contribution in [2.45, 2.75) is 111 Å². The van der Waals surface area contributed by atoms with Gasteiger partial charge in [-0.2, -0.15) is 0 Å². The zero-order chi connectivity index (χ0) is 21.5. The van der Waals surface area contributed by atoms with Gasteiger partial charge in [-0.15, -0.1) is 0 Å². The monoisotopic (exact) mass is 414 g/mol. The molecular weight excluding hydrogens is 368 g/mol. The first-order valence-corrected chi connectivity index (χ1v) is 13.1. The van der Waals surface area contributed by atoms with Crippen LogP contribution in [0.4, 0.5) is 0 Å². The second-order valence-corrected chi connectivity index (χ2v) is 12.4. The number of fused-ring (bicyclic) bond motifs is 5. The Morgan fingerprint density at radius 1 is 1.07 bits per heavy atom. The van der Waals surface area contributed by atoms with Gasteiger partial charge >= 0.3 is 0 Å². The Bertz CT molecular complexity index is 651. The summed E-state index contributed by atoms with van der Waals surface area (Å²) in [4.78, 5) is 10.8. The quantitative estimate of drug-likeness (QED) is 0.317. The van der Waals surface area contributed by atoms with E-state index in [2.05, 4.69) is 40.7 Å². The second-order valence-electron chi connectivity index (χ2n) is 12.4. The van der Waals surface area contributed by atoms with Gasteiger partial charge in [-0.1, -0.05) is 65.5 Å². The lowest BCUT2D eigenvalue weighted by Crippen LogP contribution is -2.51. The third kappa shape index (κ3) is 3.79. The van der Waals surface area contributed by atoms with Gasteiger partial charge in [0.05, 0.1) is 0 Å². The number of hydrogen-bond donors (Lipinski definition) is 0. The highest BCUT2D eigenvalue weighted by atomic mass is 16.5. The second kappa shape index (κ2) is 8.62. The molecule has 0 aromatic carbocycles. The summed E-state index contributed by atoms with van der Waals surface area (Å²) in [6.45, 7) is 13.2. The maximum atomic E-state index is 10.8. The van der Waals surface area contributed by atoms with Gasteiger partial charge in [0.15, 0.2) is 0 Å². The summed E-state index contributed by atoms with van der Waals surface area (Å²) in [5.74, 6) is 5.32. The van der Waals surface area contributed by atoms with Gasteiger partial charge in [0.25, 0.3) is 6.47 Å². The van der Waals surface area contributed by atoms with Gasteiger partial charge in [0.1, 0.15) is 6.10 Å². The number of carbonyl (C=O) groups is 1. The standard InChI is InChI=1S/C28H46O2/c1-19(2)7-6-8-20(3)24-11-12-25-23-10-9-21-17-22(30-18-29)13-15-27(21,4)26(23)14-16-28(24,25)5/h9,18-20,22-26H,6-8,10-17H2,1-5H3/t20-,22+,23-,24+,25-,26-,27+,28+/m1/s1. The minimum Gasteiger partial charge on any atom is -0.464 e. The summed E-state index contributed by atoms with van der Waals surface area (Å²) in [5.41, 5.74) is 2.54. The van der Waals surface area contributed by atoms with Crippen LogP contribution >= 0.6 is 0 Å². The molecule has 0 saturated heterocycles. The molecule has 170 valence electrons.